The van der Waals surface area contributed by atoms with Crippen LogP contribution in [0.15, 0.2) is 59.1 Å². The van der Waals surface area contributed by atoms with Crippen LogP contribution in [0.4, 0.5) is 0 Å². The number of methoxy groups -OCH3 is 1. The lowest BCUT2D eigenvalue weighted by molar-refractivity contribution is -0.129. The maximum atomic E-state index is 13.0. The van der Waals surface area contributed by atoms with Crippen molar-refractivity contribution in [1.29, 1.82) is 0 Å². The Morgan fingerprint density at radius 1 is 1.16 bits per heavy atom. The molecule has 0 aliphatic carbocycles. The highest BCUT2D eigenvalue weighted by molar-refractivity contribution is 9.10. The Labute approximate surface area is 192 Å². The molecule has 1 fully saturated rings. The highest BCUT2D eigenvalue weighted by atomic mass is 79.9. The number of rotatable bonds is 7. The van der Waals surface area contributed by atoms with E-state index in [-0.39, 0.29) is 17.9 Å². The summed E-state index contributed by atoms with van der Waals surface area (Å²) in [4.78, 5) is 29.6. The Balaban J connectivity index is 1.65. The molecule has 1 aliphatic rings. The first-order valence-electron chi connectivity index (χ1n) is 10.7. The van der Waals surface area contributed by atoms with Gasteiger partial charge in [-0.3, -0.25) is 9.59 Å². The van der Waals surface area contributed by atoms with Crippen LogP contribution in [-0.4, -0.2) is 54.4 Å². The summed E-state index contributed by atoms with van der Waals surface area (Å²) in [6, 6.07) is 15.2. The van der Waals surface area contributed by atoms with Gasteiger partial charge < -0.3 is 14.5 Å². The molecule has 1 aliphatic heterocycles. The zero-order chi connectivity index (χ0) is 22.2. The molecule has 0 spiro atoms. The fourth-order valence-corrected chi connectivity index (χ4v) is 4.33. The normalized spacial score (nSPS) is 14.6. The molecule has 0 unspecified atom stereocenters. The molecule has 6 heteroatoms. The number of carbonyl (C=O) groups excluding carboxylic acids is 2. The number of nitrogens with zero attached hydrogens (tertiary/aromatic N) is 2. The van der Waals surface area contributed by atoms with Crippen molar-refractivity contribution in [2.24, 2.45) is 0 Å². The zero-order valence-corrected chi connectivity index (χ0v) is 19.7. The highest BCUT2D eigenvalue weighted by Gasteiger charge is 2.28. The smallest absolute Gasteiger partial charge is 0.253 e. The molecular formula is C25H29BrN2O3. The van der Waals surface area contributed by atoms with Crippen molar-refractivity contribution in [2.45, 2.75) is 32.2 Å². The molecule has 0 radical (unpaired) electrons. The number of halogens is 1. The molecule has 2 aromatic rings. The summed E-state index contributed by atoms with van der Waals surface area (Å²) < 4.78 is 6.32. The topological polar surface area (TPSA) is 49.9 Å². The molecule has 0 atom stereocenters. The quantitative estimate of drug-likeness (QED) is 0.518. The SMILES string of the molecule is CCCN(C(=O)/C=C/c1cc(Br)ccc1OC)C1CCN(C(=O)c2ccccc2)CC1. The van der Waals surface area contributed by atoms with E-state index in [0.29, 0.717) is 25.2 Å². The van der Waals surface area contributed by atoms with Crippen molar-refractivity contribution in [1.82, 2.24) is 9.80 Å². The monoisotopic (exact) mass is 484 g/mol. The zero-order valence-electron chi connectivity index (χ0n) is 18.1. The van der Waals surface area contributed by atoms with Gasteiger partial charge in [-0.2, -0.15) is 0 Å². The highest BCUT2D eigenvalue weighted by Crippen LogP contribution is 2.25. The van der Waals surface area contributed by atoms with E-state index in [2.05, 4.69) is 22.9 Å². The first-order chi connectivity index (χ1) is 15.0. The first-order valence-corrected chi connectivity index (χ1v) is 11.5. The van der Waals surface area contributed by atoms with Crippen LogP contribution in [0.3, 0.4) is 0 Å². The lowest BCUT2D eigenvalue weighted by Crippen LogP contribution is -2.48. The number of carbonyl (C=O) groups is 2. The molecule has 0 N–H and O–H groups in total. The molecule has 0 aromatic heterocycles. The lowest BCUT2D eigenvalue weighted by atomic mass is 10.0. The van der Waals surface area contributed by atoms with Gasteiger partial charge >= 0.3 is 0 Å². The van der Waals surface area contributed by atoms with Crippen LogP contribution in [0.5, 0.6) is 5.75 Å². The molecule has 3 rings (SSSR count). The van der Waals surface area contributed by atoms with Crippen molar-refractivity contribution in [3.05, 3.63) is 70.2 Å². The summed E-state index contributed by atoms with van der Waals surface area (Å²) in [5.74, 6) is 0.785. The molecule has 1 saturated heterocycles. The third-order valence-electron chi connectivity index (χ3n) is 5.56. The Bertz CT molecular complexity index is 922. The van der Waals surface area contributed by atoms with E-state index in [1.165, 1.54) is 0 Å². The van der Waals surface area contributed by atoms with Gasteiger partial charge in [0.2, 0.25) is 5.91 Å². The van der Waals surface area contributed by atoms with E-state index in [1.807, 2.05) is 64.4 Å². The maximum absolute atomic E-state index is 13.0. The summed E-state index contributed by atoms with van der Waals surface area (Å²) in [6.45, 7) is 4.11. The van der Waals surface area contributed by atoms with Crippen molar-refractivity contribution in [2.75, 3.05) is 26.7 Å². The summed E-state index contributed by atoms with van der Waals surface area (Å²) >= 11 is 3.47. The van der Waals surface area contributed by atoms with Crippen LogP contribution >= 0.6 is 15.9 Å². The minimum absolute atomic E-state index is 0.00304. The van der Waals surface area contributed by atoms with E-state index in [9.17, 15) is 9.59 Å². The van der Waals surface area contributed by atoms with E-state index in [4.69, 9.17) is 4.74 Å². The number of benzene rings is 2. The predicted molar refractivity (Wildman–Crippen MR) is 127 cm³/mol. The van der Waals surface area contributed by atoms with Crippen LogP contribution in [-0.2, 0) is 4.79 Å². The minimum Gasteiger partial charge on any atom is -0.496 e. The second kappa shape index (κ2) is 11.1. The van der Waals surface area contributed by atoms with Crippen molar-refractivity contribution >= 4 is 33.8 Å². The number of amides is 2. The Hall–Kier alpha value is -2.60. The first kappa shape index (κ1) is 23.1. The average Bonchev–Trinajstić information content (AvgIpc) is 2.81. The van der Waals surface area contributed by atoms with Gasteiger partial charge in [0.15, 0.2) is 0 Å². The average molecular weight is 485 g/mol. The van der Waals surface area contributed by atoms with E-state index in [0.717, 1.165) is 35.0 Å². The van der Waals surface area contributed by atoms with Gasteiger partial charge in [0.05, 0.1) is 7.11 Å². The van der Waals surface area contributed by atoms with E-state index < -0.39 is 0 Å². The van der Waals surface area contributed by atoms with Crippen LogP contribution in [0.1, 0.15) is 42.1 Å². The van der Waals surface area contributed by atoms with Crippen LogP contribution in [0, 0.1) is 0 Å². The fraction of sp³-hybridized carbons (Fsp3) is 0.360. The molecule has 0 saturated carbocycles. The standard InChI is InChI=1S/C25H29BrN2O3/c1-3-15-28(24(29)12-9-20-18-21(26)10-11-23(20)31-2)22-13-16-27(17-14-22)25(30)19-7-5-4-6-8-19/h4-12,18,22H,3,13-17H2,1-2H3/b12-9+. The van der Waals surface area contributed by atoms with Crippen molar-refractivity contribution in [3.63, 3.8) is 0 Å². The van der Waals surface area contributed by atoms with E-state index in [1.54, 1.807) is 13.2 Å². The second-order valence-electron chi connectivity index (χ2n) is 7.64. The Morgan fingerprint density at radius 2 is 1.87 bits per heavy atom. The summed E-state index contributed by atoms with van der Waals surface area (Å²) in [5, 5.41) is 0. The van der Waals surface area contributed by atoms with Crippen LogP contribution in [0.25, 0.3) is 6.08 Å². The van der Waals surface area contributed by atoms with Gasteiger partial charge in [-0.1, -0.05) is 41.1 Å². The third kappa shape index (κ3) is 5.97. The summed E-state index contributed by atoms with van der Waals surface area (Å²) in [5.41, 5.74) is 1.57. The Kier molecular flexibility index (Phi) is 8.29. The molecule has 0 bridgehead atoms. The predicted octanol–water partition coefficient (Wildman–Crippen LogP) is 5.01. The van der Waals surface area contributed by atoms with Gasteiger partial charge in [0, 0.05) is 47.4 Å². The maximum Gasteiger partial charge on any atom is 0.253 e. The molecule has 1 heterocycles. The summed E-state index contributed by atoms with van der Waals surface area (Å²) in [6.07, 6.45) is 5.91. The largest absolute Gasteiger partial charge is 0.496 e. The minimum atomic E-state index is -0.00304. The third-order valence-corrected chi connectivity index (χ3v) is 6.05. The van der Waals surface area contributed by atoms with Gasteiger partial charge in [0.25, 0.3) is 5.91 Å². The molecule has 2 amide bonds. The number of hydrogen-bond donors (Lipinski definition) is 0. The number of piperidine rings is 1. The fourth-order valence-electron chi connectivity index (χ4n) is 3.95. The van der Waals surface area contributed by atoms with E-state index >= 15 is 0 Å². The lowest BCUT2D eigenvalue weighted by Gasteiger charge is -2.38. The molecule has 5 nitrogen and oxygen atoms in total. The van der Waals surface area contributed by atoms with Gasteiger partial charge in [-0.25, -0.2) is 0 Å². The van der Waals surface area contributed by atoms with Crippen molar-refractivity contribution in [3.8, 4) is 5.75 Å². The molecule has 31 heavy (non-hydrogen) atoms. The van der Waals surface area contributed by atoms with Gasteiger partial charge in [-0.15, -0.1) is 0 Å². The van der Waals surface area contributed by atoms with Crippen molar-refractivity contribution < 1.29 is 14.3 Å². The number of hydrogen-bond acceptors (Lipinski definition) is 3. The number of ether oxygens (including phenoxy) is 1. The molecule has 2 aromatic carbocycles. The second-order valence-corrected chi connectivity index (χ2v) is 8.56. The van der Waals surface area contributed by atoms with Crippen LogP contribution < -0.4 is 4.74 Å². The molecule has 164 valence electrons. The van der Waals surface area contributed by atoms with Gasteiger partial charge in [-0.05, 0) is 55.7 Å². The Morgan fingerprint density at radius 3 is 2.52 bits per heavy atom. The van der Waals surface area contributed by atoms with Gasteiger partial charge in [0.1, 0.15) is 5.75 Å². The summed E-state index contributed by atoms with van der Waals surface area (Å²) in [7, 11) is 1.62. The van der Waals surface area contributed by atoms with Crippen LogP contribution in [0.2, 0.25) is 0 Å². The number of likely N-dealkylation sites (tertiary alicyclic amines) is 1. The molecular weight excluding hydrogens is 456 g/mol.